The molecule has 0 unspecified atom stereocenters. The molecular weight excluding hydrogens is 609 g/mol. The van der Waals surface area contributed by atoms with Crippen molar-refractivity contribution < 1.29 is 41.4 Å². The number of carboxylic acid groups (broad SMARTS) is 1. The summed E-state index contributed by atoms with van der Waals surface area (Å²) in [7, 11) is 0. The fourth-order valence-corrected chi connectivity index (χ4v) is 4.79. The first-order chi connectivity index (χ1) is 20.7. The van der Waals surface area contributed by atoms with Crippen molar-refractivity contribution in [1.29, 1.82) is 0 Å². The highest BCUT2D eigenvalue weighted by atomic mass is 35.5. The molecular formula is C31H27ClF5N3O4. The summed E-state index contributed by atoms with van der Waals surface area (Å²) in [6, 6.07) is 15.0. The van der Waals surface area contributed by atoms with Gasteiger partial charge in [0, 0.05) is 16.9 Å². The first kappa shape index (κ1) is 32.5. The summed E-state index contributed by atoms with van der Waals surface area (Å²) in [4.78, 5) is 37.6. The van der Waals surface area contributed by atoms with E-state index in [-0.39, 0.29) is 17.8 Å². The van der Waals surface area contributed by atoms with Gasteiger partial charge in [-0.25, -0.2) is 9.59 Å². The van der Waals surface area contributed by atoms with E-state index in [9.17, 15) is 36.3 Å². The molecule has 0 bridgehead atoms. The van der Waals surface area contributed by atoms with Crippen LogP contribution in [0.4, 0.5) is 38.1 Å². The number of allylic oxidation sites excluding steroid dienone is 2. The molecule has 0 aliphatic heterocycles. The predicted octanol–water partition coefficient (Wildman–Crippen LogP) is 8.00. The van der Waals surface area contributed by atoms with Gasteiger partial charge in [0.25, 0.3) is 5.91 Å². The summed E-state index contributed by atoms with van der Waals surface area (Å²) >= 11 is 5.71. The van der Waals surface area contributed by atoms with Crippen molar-refractivity contribution >= 4 is 46.5 Å². The molecule has 0 fully saturated rings. The summed E-state index contributed by atoms with van der Waals surface area (Å²) in [5, 5.41) is 12.4. The molecule has 0 aromatic heterocycles. The molecule has 1 aliphatic carbocycles. The lowest BCUT2D eigenvalue weighted by atomic mass is 9.93. The second-order valence-electron chi connectivity index (χ2n) is 10.1. The Bertz CT molecular complexity index is 1560. The summed E-state index contributed by atoms with van der Waals surface area (Å²) < 4.78 is 66.9. The Morgan fingerprint density at radius 3 is 2.18 bits per heavy atom. The zero-order valence-electron chi connectivity index (χ0n) is 23.1. The highest BCUT2D eigenvalue weighted by Gasteiger charge is 2.39. The van der Waals surface area contributed by atoms with Gasteiger partial charge in [-0.05, 0) is 84.8 Å². The van der Waals surface area contributed by atoms with E-state index >= 15 is 0 Å². The van der Waals surface area contributed by atoms with Crippen LogP contribution in [0.1, 0.15) is 52.7 Å². The largest absolute Gasteiger partial charge is 0.477 e. The van der Waals surface area contributed by atoms with Crippen LogP contribution in [0.3, 0.4) is 0 Å². The van der Waals surface area contributed by atoms with Gasteiger partial charge in [0.1, 0.15) is 0 Å². The second-order valence-corrected chi connectivity index (χ2v) is 10.5. The minimum atomic E-state index is -4.74. The summed E-state index contributed by atoms with van der Waals surface area (Å²) in [6.07, 6.45) is 1.52. The minimum Gasteiger partial charge on any atom is -0.477 e. The predicted molar refractivity (Wildman–Crippen MR) is 156 cm³/mol. The zero-order valence-corrected chi connectivity index (χ0v) is 23.8. The third-order valence-electron chi connectivity index (χ3n) is 6.95. The number of carbonyl (C=O) groups is 3. The molecule has 13 heteroatoms. The Kier molecular flexibility index (Phi) is 9.93. The van der Waals surface area contributed by atoms with Gasteiger partial charge in [-0.2, -0.15) is 22.0 Å². The molecule has 3 amide bonds. The van der Waals surface area contributed by atoms with E-state index in [1.54, 1.807) is 12.1 Å². The fraction of sp³-hybridized carbons (Fsp3) is 0.258. The van der Waals surface area contributed by atoms with Crippen molar-refractivity contribution in [1.82, 2.24) is 5.32 Å². The van der Waals surface area contributed by atoms with Crippen molar-refractivity contribution in [2.75, 3.05) is 16.8 Å². The molecule has 0 saturated heterocycles. The minimum absolute atomic E-state index is 0.0307. The third kappa shape index (κ3) is 8.13. The zero-order chi connectivity index (χ0) is 32.1. The number of rotatable bonds is 9. The average Bonchev–Trinajstić information content (AvgIpc) is 3.00. The number of anilines is 2. The second kappa shape index (κ2) is 13.5. The van der Waals surface area contributed by atoms with E-state index in [0.29, 0.717) is 11.3 Å². The number of halogens is 6. The van der Waals surface area contributed by atoms with Gasteiger partial charge in [-0.3, -0.25) is 9.69 Å². The fourth-order valence-electron chi connectivity index (χ4n) is 4.56. The topological polar surface area (TPSA) is 98.7 Å². The molecule has 44 heavy (non-hydrogen) atoms. The Balaban J connectivity index is 1.57. The maximum absolute atomic E-state index is 13.5. The van der Waals surface area contributed by atoms with Crippen LogP contribution in [0, 0.1) is 0 Å². The van der Waals surface area contributed by atoms with Gasteiger partial charge in [0.2, 0.25) is 0 Å². The lowest BCUT2D eigenvalue weighted by Crippen LogP contribution is -2.42. The number of urea groups is 1. The number of carboxylic acids is 1. The number of alkyl halides is 5. The standard InChI is InChI=1S/C31H27ClF5N3O4/c32-26-15-12-23(16-25(26)31(35,36)37)39-29(44)40(24-13-10-21(11-14-24)20-4-2-1-3-5-20)17-19-6-8-22(9-7-19)27(41)38-18-30(33,34)28(42)43/h4,6-16H,1-3,5,17-18H2,(H,38,41)(H,39,44)(H,42,43). The number of nitrogens with zero attached hydrogens (tertiary/aromatic N) is 1. The van der Waals surface area contributed by atoms with Crippen LogP contribution in [0.5, 0.6) is 0 Å². The van der Waals surface area contributed by atoms with Crippen molar-refractivity contribution in [3.63, 3.8) is 0 Å². The van der Waals surface area contributed by atoms with Crippen molar-refractivity contribution in [3.05, 3.63) is 100 Å². The van der Waals surface area contributed by atoms with Crippen molar-refractivity contribution in [2.45, 2.75) is 44.3 Å². The van der Waals surface area contributed by atoms with Crippen LogP contribution in [-0.4, -0.2) is 35.5 Å². The van der Waals surface area contributed by atoms with Gasteiger partial charge in [0.05, 0.1) is 23.7 Å². The number of nitrogens with one attached hydrogen (secondary N) is 2. The molecule has 0 heterocycles. The molecule has 3 aromatic carbocycles. The molecule has 232 valence electrons. The van der Waals surface area contributed by atoms with Crippen molar-refractivity contribution in [3.8, 4) is 0 Å². The van der Waals surface area contributed by atoms with Gasteiger partial charge in [-0.1, -0.05) is 41.9 Å². The number of aliphatic carboxylic acids is 1. The molecule has 0 atom stereocenters. The monoisotopic (exact) mass is 635 g/mol. The molecule has 3 N–H and O–H groups in total. The maximum atomic E-state index is 13.5. The number of benzene rings is 3. The van der Waals surface area contributed by atoms with E-state index in [1.807, 2.05) is 17.4 Å². The smallest absolute Gasteiger partial charge is 0.417 e. The van der Waals surface area contributed by atoms with Crippen molar-refractivity contribution in [2.24, 2.45) is 0 Å². The van der Waals surface area contributed by atoms with Crippen LogP contribution in [0.25, 0.3) is 5.57 Å². The third-order valence-corrected chi connectivity index (χ3v) is 7.28. The Morgan fingerprint density at radius 1 is 0.909 bits per heavy atom. The quantitative estimate of drug-likeness (QED) is 0.208. The number of hydrogen-bond acceptors (Lipinski definition) is 3. The highest BCUT2D eigenvalue weighted by Crippen LogP contribution is 2.36. The van der Waals surface area contributed by atoms with E-state index in [1.165, 1.54) is 40.8 Å². The SMILES string of the molecule is O=C(NCC(F)(F)C(=O)O)c1ccc(CN(C(=O)Nc2ccc(Cl)c(C(F)(F)F)c2)c2ccc(C3=CCCCC3)cc2)cc1. The maximum Gasteiger partial charge on any atom is 0.417 e. The van der Waals surface area contributed by atoms with Crippen LogP contribution < -0.4 is 15.5 Å². The van der Waals surface area contributed by atoms with Crippen LogP contribution in [-0.2, 0) is 17.5 Å². The van der Waals surface area contributed by atoms with Gasteiger partial charge < -0.3 is 15.7 Å². The Labute approximate surface area is 254 Å². The van der Waals surface area contributed by atoms with Gasteiger partial charge >= 0.3 is 24.1 Å². The summed E-state index contributed by atoms with van der Waals surface area (Å²) in [5.41, 5.74) is 1.84. The number of carbonyl (C=O) groups excluding carboxylic acids is 2. The normalized spacial score (nSPS) is 13.5. The molecule has 7 nitrogen and oxygen atoms in total. The molecule has 0 radical (unpaired) electrons. The van der Waals surface area contributed by atoms with E-state index in [4.69, 9.17) is 16.7 Å². The van der Waals surface area contributed by atoms with Gasteiger partial charge in [0.15, 0.2) is 0 Å². The highest BCUT2D eigenvalue weighted by molar-refractivity contribution is 6.31. The molecule has 4 rings (SSSR count). The number of hydrogen-bond donors (Lipinski definition) is 3. The van der Waals surface area contributed by atoms with E-state index in [2.05, 4.69) is 11.4 Å². The van der Waals surface area contributed by atoms with Gasteiger partial charge in [-0.15, -0.1) is 0 Å². The molecule has 3 aromatic rings. The van der Waals surface area contributed by atoms with Crippen LogP contribution in [0.2, 0.25) is 5.02 Å². The van der Waals surface area contributed by atoms with Crippen LogP contribution in [0.15, 0.2) is 72.8 Å². The molecule has 0 saturated carbocycles. The Hall–Kier alpha value is -4.45. The number of amides is 3. The first-order valence-corrected chi connectivity index (χ1v) is 13.9. The summed E-state index contributed by atoms with van der Waals surface area (Å²) in [6.45, 7) is -1.48. The van der Waals surface area contributed by atoms with E-state index < -0.39 is 47.1 Å². The lowest BCUT2D eigenvalue weighted by Gasteiger charge is -2.24. The first-order valence-electron chi connectivity index (χ1n) is 13.5. The molecule has 1 aliphatic rings. The molecule has 0 spiro atoms. The Morgan fingerprint density at radius 2 is 1.59 bits per heavy atom. The van der Waals surface area contributed by atoms with Crippen LogP contribution >= 0.6 is 11.6 Å². The average molecular weight is 636 g/mol. The lowest BCUT2D eigenvalue weighted by molar-refractivity contribution is -0.163. The van der Waals surface area contributed by atoms with E-state index in [0.717, 1.165) is 43.4 Å². The summed E-state index contributed by atoms with van der Waals surface area (Å²) in [5.74, 6) is -7.44.